The minimum atomic E-state index is -0.750. The Morgan fingerprint density at radius 2 is 2.00 bits per heavy atom. The number of rotatable bonds is 6. The molecule has 1 aromatic rings. The highest BCUT2D eigenvalue weighted by Crippen LogP contribution is 2.22. The number of hydrogen-bond acceptors (Lipinski definition) is 4. The normalized spacial score (nSPS) is 16.4. The highest BCUT2D eigenvalue weighted by Gasteiger charge is 2.34. The number of carbonyl (C=O) groups excluding carboxylic acids is 1. The van der Waals surface area contributed by atoms with Gasteiger partial charge in [-0.2, -0.15) is 5.10 Å². The van der Waals surface area contributed by atoms with Gasteiger partial charge in [0.15, 0.2) is 0 Å². The van der Waals surface area contributed by atoms with E-state index in [0.717, 1.165) is 11.6 Å². The quantitative estimate of drug-likeness (QED) is 0.808. The fourth-order valence-corrected chi connectivity index (χ4v) is 2.50. The summed E-state index contributed by atoms with van der Waals surface area (Å²) in [4.78, 5) is 16.0. The first-order chi connectivity index (χ1) is 8.65. The lowest BCUT2D eigenvalue weighted by Gasteiger charge is -2.32. The van der Waals surface area contributed by atoms with E-state index < -0.39 is 5.54 Å². The van der Waals surface area contributed by atoms with Gasteiger partial charge in [-0.25, -0.2) is 9.67 Å². The van der Waals surface area contributed by atoms with E-state index in [1.54, 1.807) is 0 Å². The minimum absolute atomic E-state index is 0.0462. The number of amides is 1. The van der Waals surface area contributed by atoms with Gasteiger partial charge in [0, 0.05) is 6.04 Å². The van der Waals surface area contributed by atoms with Gasteiger partial charge < -0.3 is 11.1 Å². The van der Waals surface area contributed by atoms with Crippen LogP contribution in [0.1, 0.15) is 51.8 Å². The van der Waals surface area contributed by atoms with Crippen LogP contribution < -0.4 is 11.1 Å². The summed E-state index contributed by atoms with van der Waals surface area (Å²) in [5.74, 6) is 1.24. The van der Waals surface area contributed by atoms with E-state index in [-0.39, 0.29) is 18.0 Å². The van der Waals surface area contributed by atoms with Crippen molar-refractivity contribution in [2.24, 2.45) is 5.73 Å². The molecule has 0 aromatic carbocycles. The van der Waals surface area contributed by atoms with E-state index in [0.29, 0.717) is 6.42 Å². The number of carbonyl (C=O) groups is 1. The lowest BCUT2D eigenvalue weighted by Crippen LogP contribution is -2.56. The molecule has 1 amide bonds. The Labute approximate surface area is 114 Å². The molecular formula is C13H25N5O. The summed E-state index contributed by atoms with van der Waals surface area (Å²) >= 11 is 0. The van der Waals surface area contributed by atoms with Crippen LogP contribution in [0, 0.1) is 13.8 Å². The zero-order chi connectivity index (χ0) is 14.8. The Morgan fingerprint density at radius 3 is 2.37 bits per heavy atom. The number of aromatic nitrogens is 3. The lowest BCUT2D eigenvalue weighted by molar-refractivity contribution is -0.124. The maximum Gasteiger partial charge on any atom is 0.237 e. The molecule has 0 bridgehead atoms. The summed E-state index contributed by atoms with van der Waals surface area (Å²) < 4.78 is 1.85. The predicted molar refractivity (Wildman–Crippen MR) is 74.7 cm³/mol. The van der Waals surface area contributed by atoms with Gasteiger partial charge in [-0.3, -0.25) is 4.79 Å². The van der Waals surface area contributed by atoms with Crippen LogP contribution in [0.4, 0.5) is 0 Å². The van der Waals surface area contributed by atoms with Crippen molar-refractivity contribution in [3.8, 4) is 0 Å². The third kappa shape index (κ3) is 3.76. The molecule has 19 heavy (non-hydrogen) atoms. The third-order valence-electron chi connectivity index (χ3n) is 3.18. The second kappa shape index (κ2) is 5.69. The van der Waals surface area contributed by atoms with Gasteiger partial charge in [0.2, 0.25) is 5.91 Å². The van der Waals surface area contributed by atoms with Crippen LogP contribution in [0.3, 0.4) is 0 Å². The zero-order valence-corrected chi connectivity index (χ0v) is 12.7. The summed E-state index contributed by atoms with van der Waals surface area (Å²) in [7, 11) is 0. The van der Waals surface area contributed by atoms with Gasteiger partial charge in [0.25, 0.3) is 0 Å². The third-order valence-corrected chi connectivity index (χ3v) is 3.18. The smallest absolute Gasteiger partial charge is 0.237 e. The Balaban J connectivity index is 2.91. The number of nitrogens with one attached hydrogen (secondary N) is 1. The molecule has 0 radical (unpaired) electrons. The van der Waals surface area contributed by atoms with E-state index in [1.807, 2.05) is 46.2 Å². The Bertz CT molecular complexity index is 454. The highest BCUT2D eigenvalue weighted by atomic mass is 16.1. The van der Waals surface area contributed by atoms with E-state index in [9.17, 15) is 4.79 Å². The molecule has 0 aliphatic heterocycles. The van der Waals surface area contributed by atoms with Crippen molar-refractivity contribution in [3.63, 3.8) is 0 Å². The van der Waals surface area contributed by atoms with Gasteiger partial charge in [-0.05, 0) is 48.0 Å². The van der Waals surface area contributed by atoms with Crippen LogP contribution in [0.5, 0.6) is 0 Å². The number of nitrogens with two attached hydrogens (primary N) is 1. The van der Waals surface area contributed by atoms with Gasteiger partial charge in [-0.1, -0.05) is 0 Å². The molecule has 0 aliphatic rings. The van der Waals surface area contributed by atoms with Crippen molar-refractivity contribution in [1.82, 2.24) is 20.1 Å². The van der Waals surface area contributed by atoms with Crippen molar-refractivity contribution in [3.05, 3.63) is 11.6 Å². The summed E-state index contributed by atoms with van der Waals surface area (Å²) in [5, 5.41) is 7.60. The van der Waals surface area contributed by atoms with Gasteiger partial charge in [0.05, 0.1) is 11.6 Å². The molecular weight excluding hydrogens is 242 g/mol. The van der Waals surface area contributed by atoms with Crippen LogP contribution in [-0.2, 0) is 4.79 Å². The maximum absolute atomic E-state index is 11.7. The van der Waals surface area contributed by atoms with E-state index >= 15 is 0 Å². The second-order valence-electron chi connectivity index (χ2n) is 5.70. The molecule has 2 unspecified atom stereocenters. The average molecular weight is 267 g/mol. The Hall–Kier alpha value is -1.43. The van der Waals surface area contributed by atoms with Crippen LogP contribution in [-0.4, -0.2) is 32.3 Å². The van der Waals surface area contributed by atoms with E-state index in [1.165, 1.54) is 0 Å². The fourth-order valence-electron chi connectivity index (χ4n) is 2.50. The molecule has 108 valence electrons. The summed E-state index contributed by atoms with van der Waals surface area (Å²) in [5.41, 5.74) is 4.79. The number of aryl methyl sites for hydroxylation is 2. The first-order valence-electron chi connectivity index (χ1n) is 6.63. The van der Waals surface area contributed by atoms with Crippen LogP contribution in [0.15, 0.2) is 0 Å². The first kappa shape index (κ1) is 15.6. The monoisotopic (exact) mass is 267 g/mol. The average Bonchev–Trinajstić information content (AvgIpc) is 2.56. The number of nitrogens with zero attached hydrogens (tertiary/aromatic N) is 3. The largest absolute Gasteiger partial charge is 0.368 e. The van der Waals surface area contributed by atoms with Crippen molar-refractivity contribution in [2.45, 2.75) is 65.6 Å². The molecule has 2 atom stereocenters. The summed E-state index contributed by atoms with van der Waals surface area (Å²) in [6.07, 6.45) is 0.574. The molecule has 1 rings (SSSR count). The highest BCUT2D eigenvalue weighted by molar-refractivity contribution is 5.84. The standard InChI is InChI=1S/C13H25N5O/c1-8(2)16-13(6,12(14)19)7-9(3)18-11(5)15-10(4)17-18/h8-9,16H,7H2,1-6H3,(H2,14,19). The fraction of sp³-hybridized carbons (Fsp3) is 0.769. The molecule has 0 spiro atoms. The molecule has 0 aliphatic carbocycles. The lowest BCUT2D eigenvalue weighted by atomic mass is 9.92. The Kier molecular flexibility index (Phi) is 4.68. The molecule has 6 heteroatoms. The first-order valence-corrected chi connectivity index (χ1v) is 6.63. The van der Waals surface area contributed by atoms with Gasteiger partial charge >= 0.3 is 0 Å². The van der Waals surface area contributed by atoms with Crippen molar-refractivity contribution < 1.29 is 4.79 Å². The summed E-state index contributed by atoms with van der Waals surface area (Å²) in [6, 6.07) is 0.230. The molecule has 0 saturated carbocycles. The SMILES string of the molecule is Cc1nc(C)n(C(C)CC(C)(NC(C)C)C(N)=O)n1. The molecule has 6 nitrogen and oxygen atoms in total. The van der Waals surface area contributed by atoms with Crippen LogP contribution >= 0.6 is 0 Å². The van der Waals surface area contributed by atoms with Crippen molar-refractivity contribution in [1.29, 1.82) is 0 Å². The zero-order valence-electron chi connectivity index (χ0n) is 12.7. The predicted octanol–water partition coefficient (Wildman–Crippen LogP) is 1.09. The second-order valence-corrected chi connectivity index (χ2v) is 5.70. The van der Waals surface area contributed by atoms with E-state index in [4.69, 9.17) is 5.73 Å². The minimum Gasteiger partial charge on any atom is -0.368 e. The molecule has 0 saturated heterocycles. The molecule has 1 aromatic heterocycles. The van der Waals surface area contributed by atoms with Crippen LogP contribution in [0.2, 0.25) is 0 Å². The number of primary amides is 1. The van der Waals surface area contributed by atoms with Gasteiger partial charge in [0.1, 0.15) is 11.6 Å². The topological polar surface area (TPSA) is 85.8 Å². The Morgan fingerprint density at radius 1 is 1.42 bits per heavy atom. The number of hydrogen-bond donors (Lipinski definition) is 2. The summed E-state index contributed by atoms with van der Waals surface area (Å²) in [6.45, 7) is 11.6. The van der Waals surface area contributed by atoms with Crippen LogP contribution in [0.25, 0.3) is 0 Å². The van der Waals surface area contributed by atoms with Crippen molar-refractivity contribution in [2.75, 3.05) is 0 Å². The van der Waals surface area contributed by atoms with Crippen molar-refractivity contribution >= 4 is 5.91 Å². The molecule has 1 heterocycles. The van der Waals surface area contributed by atoms with Gasteiger partial charge in [-0.15, -0.1) is 0 Å². The van der Waals surface area contributed by atoms with E-state index in [2.05, 4.69) is 15.4 Å². The molecule has 3 N–H and O–H groups in total. The molecule has 0 fully saturated rings. The maximum atomic E-state index is 11.7.